The van der Waals surface area contributed by atoms with Gasteiger partial charge in [0.2, 0.25) is 0 Å². The third kappa shape index (κ3) is 1.73. The van der Waals surface area contributed by atoms with Gasteiger partial charge in [0.25, 0.3) is 0 Å². The first kappa shape index (κ1) is 10.2. The smallest absolute Gasteiger partial charge is 0.314 e. The first-order valence-electron chi connectivity index (χ1n) is 3.66. The molecule has 0 saturated carbocycles. The van der Waals surface area contributed by atoms with Crippen LogP contribution in [0.5, 0.6) is 11.5 Å². The molecule has 0 fully saturated rings. The zero-order valence-corrected chi connectivity index (χ0v) is 7.61. The first-order chi connectivity index (χ1) is 6.60. The standard InChI is InChI=1S/C8H8FNO4/c1-13-7-4-6(10(11)12)8(14-2)3-5(7)9/h3-4H,1-2H3. The van der Waals surface area contributed by atoms with Crippen LogP contribution in [0, 0.1) is 15.9 Å². The molecule has 0 bridgehead atoms. The fourth-order valence-electron chi connectivity index (χ4n) is 0.987. The number of halogens is 1. The third-order valence-electron chi connectivity index (χ3n) is 1.65. The molecule has 0 heterocycles. The maximum absolute atomic E-state index is 13.1. The van der Waals surface area contributed by atoms with Crippen LogP contribution < -0.4 is 9.47 Å². The van der Waals surface area contributed by atoms with Gasteiger partial charge < -0.3 is 9.47 Å². The second-order valence-corrected chi connectivity index (χ2v) is 2.42. The molecule has 1 aromatic rings. The van der Waals surface area contributed by atoms with Gasteiger partial charge in [-0.15, -0.1) is 0 Å². The summed E-state index contributed by atoms with van der Waals surface area (Å²) in [6.07, 6.45) is 0. The molecule has 0 atom stereocenters. The van der Waals surface area contributed by atoms with Gasteiger partial charge in [-0.3, -0.25) is 10.1 Å². The van der Waals surface area contributed by atoms with Crippen LogP contribution in [0.25, 0.3) is 0 Å². The molecule has 0 aliphatic rings. The van der Waals surface area contributed by atoms with Crippen molar-refractivity contribution in [1.29, 1.82) is 0 Å². The van der Waals surface area contributed by atoms with Crippen LogP contribution in [-0.4, -0.2) is 19.1 Å². The van der Waals surface area contributed by atoms with E-state index in [0.717, 1.165) is 12.1 Å². The second kappa shape index (κ2) is 3.91. The highest BCUT2D eigenvalue weighted by atomic mass is 19.1. The van der Waals surface area contributed by atoms with Gasteiger partial charge in [-0.05, 0) is 0 Å². The molecular formula is C8H8FNO4. The SMILES string of the molecule is COc1cc([N+](=O)[O-])c(OC)cc1F. The number of benzene rings is 1. The lowest BCUT2D eigenvalue weighted by molar-refractivity contribution is -0.385. The average Bonchev–Trinajstić information content (AvgIpc) is 2.16. The number of ether oxygens (including phenoxy) is 2. The molecule has 0 aromatic heterocycles. The Morgan fingerprint density at radius 2 is 1.86 bits per heavy atom. The van der Waals surface area contributed by atoms with Gasteiger partial charge in [0.1, 0.15) is 0 Å². The molecule has 76 valence electrons. The van der Waals surface area contributed by atoms with E-state index in [0.29, 0.717) is 0 Å². The summed E-state index contributed by atoms with van der Waals surface area (Å²) in [5.74, 6) is -1.01. The molecule has 0 aliphatic carbocycles. The molecule has 14 heavy (non-hydrogen) atoms. The number of nitro benzene ring substituents is 1. The molecule has 0 unspecified atom stereocenters. The molecule has 0 N–H and O–H groups in total. The van der Waals surface area contributed by atoms with Crippen LogP contribution >= 0.6 is 0 Å². The summed E-state index contributed by atoms with van der Waals surface area (Å²) in [5, 5.41) is 10.5. The Kier molecular flexibility index (Phi) is 2.85. The lowest BCUT2D eigenvalue weighted by Gasteiger charge is -2.05. The Balaban J connectivity index is 3.32. The minimum atomic E-state index is -0.699. The molecule has 0 radical (unpaired) electrons. The minimum Gasteiger partial charge on any atom is -0.493 e. The van der Waals surface area contributed by atoms with Crippen molar-refractivity contribution in [1.82, 2.24) is 0 Å². The van der Waals surface area contributed by atoms with E-state index in [2.05, 4.69) is 9.47 Å². The monoisotopic (exact) mass is 201 g/mol. The molecule has 5 nitrogen and oxygen atoms in total. The summed E-state index contributed by atoms with van der Waals surface area (Å²) < 4.78 is 22.3. The highest BCUT2D eigenvalue weighted by Crippen LogP contribution is 2.33. The van der Waals surface area contributed by atoms with E-state index in [-0.39, 0.29) is 17.2 Å². The molecule has 1 aromatic carbocycles. The highest BCUT2D eigenvalue weighted by Gasteiger charge is 2.19. The maximum Gasteiger partial charge on any atom is 0.314 e. The van der Waals surface area contributed by atoms with E-state index in [1.807, 2.05) is 0 Å². The van der Waals surface area contributed by atoms with Crippen LogP contribution in [0.3, 0.4) is 0 Å². The summed E-state index contributed by atoms with van der Waals surface area (Å²) >= 11 is 0. The van der Waals surface area contributed by atoms with Crippen molar-refractivity contribution in [3.8, 4) is 11.5 Å². The largest absolute Gasteiger partial charge is 0.493 e. The molecule has 0 aliphatic heterocycles. The zero-order chi connectivity index (χ0) is 10.7. The van der Waals surface area contributed by atoms with Gasteiger partial charge in [-0.25, -0.2) is 4.39 Å². The van der Waals surface area contributed by atoms with Crippen LogP contribution in [0.15, 0.2) is 12.1 Å². The van der Waals surface area contributed by atoms with Crippen molar-refractivity contribution in [3.63, 3.8) is 0 Å². The topological polar surface area (TPSA) is 61.6 Å². The van der Waals surface area contributed by atoms with Crippen molar-refractivity contribution in [2.24, 2.45) is 0 Å². The lowest BCUT2D eigenvalue weighted by Crippen LogP contribution is -1.97. The van der Waals surface area contributed by atoms with E-state index in [1.165, 1.54) is 14.2 Å². The molecular weight excluding hydrogens is 193 g/mol. The van der Waals surface area contributed by atoms with Crippen molar-refractivity contribution in [3.05, 3.63) is 28.1 Å². The average molecular weight is 201 g/mol. The Bertz CT molecular complexity index is 367. The highest BCUT2D eigenvalue weighted by molar-refractivity contribution is 5.51. The minimum absolute atomic E-state index is 0.131. The Labute approximate surface area is 79.2 Å². The van der Waals surface area contributed by atoms with Crippen molar-refractivity contribution in [2.75, 3.05) is 14.2 Å². The van der Waals surface area contributed by atoms with Crippen molar-refractivity contribution >= 4 is 5.69 Å². The van der Waals surface area contributed by atoms with Crippen molar-refractivity contribution in [2.45, 2.75) is 0 Å². The van der Waals surface area contributed by atoms with Crippen LogP contribution in [-0.2, 0) is 0 Å². The van der Waals surface area contributed by atoms with E-state index in [1.54, 1.807) is 0 Å². The van der Waals surface area contributed by atoms with Crippen LogP contribution in [0.2, 0.25) is 0 Å². The van der Waals surface area contributed by atoms with E-state index in [9.17, 15) is 14.5 Å². The van der Waals surface area contributed by atoms with Gasteiger partial charge in [-0.2, -0.15) is 0 Å². The molecule has 1 rings (SSSR count). The van der Waals surface area contributed by atoms with Gasteiger partial charge in [0.15, 0.2) is 17.3 Å². The molecule has 0 saturated heterocycles. The summed E-state index contributed by atoms with van der Waals surface area (Å²) in [6.45, 7) is 0. The molecule has 0 amide bonds. The Morgan fingerprint density at radius 1 is 1.29 bits per heavy atom. The van der Waals surface area contributed by atoms with Gasteiger partial charge >= 0.3 is 5.69 Å². The number of nitrogens with zero attached hydrogens (tertiary/aromatic N) is 1. The van der Waals surface area contributed by atoms with Gasteiger partial charge in [0, 0.05) is 6.07 Å². The normalized spacial score (nSPS) is 9.64. The number of hydrogen-bond donors (Lipinski definition) is 0. The van der Waals surface area contributed by atoms with Gasteiger partial charge in [-0.1, -0.05) is 0 Å². The summed E-state index contributed by atoms with van der Waals surface area (Å²) in [7, 11) is 2.46. The fraction of sp³-hybridized carbons (Fsp3) is 0.250. The Hall–Kier alpha value is -1.85. The number of rotatable bonds is 3. The van der Waals surface area contributed by atoms with Crippen LogP contribution in [0.4, 0.5) is 10.1 Å². The molecule has 6 heteroatoms. The van der Waals surface area contributed by atoms with E-state index < -0.39 is 10.7 Å². The van der Waals surface area contributed by atoms with Crippen molar-refractivity contribution < 1.29 is 18.8 Å². The lowest BCUT2D eigenvalue weighted by atomic mass is 10.2. The predicted octanol–water partition coefficient (Wildman–Crippen LogP) is 1.75. The summed E-state index contributed by atoms with van der Waals surface area (Å²) in [5.41, 5.74) is -0.328. The summed E-state index contributed by atoms with van der Waals surface area (Å²) in [6, 6.07) is 1.89. The number of hydrogen-bond acceptors (Lipinski definition) is 4. The zero-order valence-electron chi connectivity index (χ0n) is 7.61. The fourth-order valence-corrected chi connectivity index (χ4v) is 0.987. The van der Waals surface area contributed by atoms with E-state index >= 15 is 0 Å². The number of nitro groups is 1. The molecule has 0 spiro atoms. The first-order valence-corrected chi connectivity index (χ1v) is 3.66. The van der Waals surface area contributed by atoms with E-state index in [4.69, 9.17) is 0 Å². The quantitative estimate of drug-likeness (QED) is 0.552. The predicted molar refractivity (Wildman–Crippen MR) is 46.2 cm³/mol. The second-order valence-electron chi connectivity index (χ2n) is 2.42. The third-order valence-corrected chi connectivity index (χ3v) is 1.65. The van der Waals surface area contributed by atoms with Crippen LogP contribution in [0.1, 0.15) is 0 Å². The maximum atomic E-state index is 13.1. The number of methoxy groups -OCH3 is 2. The summed E-state index contributed by atoms with van der Waals surface area (Å²) in [4.78, 5) is 9.84. The Morgan fingerprint density at radius 3 is 2.29 bits per heavy atom. The van der Waals surface area contributed by atoms with Gasteiger partial charge in [0.05, 0.1) is 25.2 Å².